The van der Waals surface area contributed by atoms with E-state index in [1.807, 2.05) is 48.5 Å². The fraction of sp³-hybridized carbons (Fsp3) is 0.0870. The molecule has 0 aliphatic carbocycles. The maximum Gasteiger partial charge on any atom is 0.349 e. The molecule has 0 spiro atoms. The lowest BCUT2D eigenvalue weighted by Gasteiger charge is -2.14. The molecule has 6 nitrogen and oxygen atoms in total. The third-order valence-electron chi connectivity index (χ3n) is 4.67. The van der Waals surface area contributed by atoms with Crippen LogP contribution in [0.5, 0.6) is 5.75 Å². The van der Waals surface area contributed by atoms with Crippen LogP contribution in [0, 0.1) is 0 Å². The predicted octanol–water partition coefficient (Wildman–Crippen LogP) is 4.36. The lowest BCUT2D eigenvalue weighted by molar-refractivity contribution is -0.116. The van der Waals surface area contributed by atoms with E-state index in [4.69, 9.17) is 16.3 Å². The standard InChI is InChI=1S/C23H18ClN3O3/c1-30-20-12-11-16(24)13-18(20)25-21(28)14-27-19-10-6-5-9-17(19)22(26-23(27)29)15-7-3-2-4-8-15/h2-13H,14H2,1H3,(H,25,28). The minimum atomic E-state index is -0.499. The molecule has 4 aromatic rings. The molecule has 150 valence electrons. The molecule has 3 aromatic carbocycles. The van der Waals surface area contributed by atoms with Crippen molar-refractivity contribution in [3.8, 4) is 17.0 Å². The Labute approximate surface area is 177 Å². The predicted molar refractivity (Wildman–Crippen MR) is 118 cm³/mol. The van der Waals surface area contributed by atoms with Crippen molar-refractivity contribution in [3.63, 3.8) is 0 Å². The second-order valence-electron chi connectivity index (χ2n) is 6.61. The van der Waals surface area contributed by atoms with Crippen molar-refractivity contribution in [3.05, 3.63) is 88.3 Å². The second-order valence-corrected chi connectivity index (χ2v) is 7.04. The van der Waals surface area contributed by atoms with E-state index in [2.05, 4.69) is 10.3 Å². The molecule has 4 rings (SSSR count). The minimum Gasteiger partial charge on any atom is -0.495 e. The normalized spacial score (nSPS) is 10.7. The van der Waals surface area contributed by atoms with Gasteiger partial charge in [-0.3, -0.25) is 9.36 Å². The van der Waals surface area contributed by atoms with E-state index < -0.39 is 11.6 Å². The van der Waals surface area contributed by atoms with Gasteiger partial charge < -0.3 is 10.1 Å². The number of rotatable bonds is 5. The molecule has 0 unspecified atom stereocenters. The summed E-state index contributed by atoms with van der Waals surface area (Å²) in [5.74, 6) is 0.0830. The molecule has 30 heavy (non-hydrogen) atoms. The Morgan fingerprint density at radius 2 is 1.80 bits per heavy atom. The van der Waals surface area contributed by atoms with E-state index in [0.717, 1.165) is 10.9 Å². The first-order valence-corrected chi connectivity index (χ1v) is 9.63. The highest BCUT2D eigenvalue weighted by Gasteiger charge is 2.15. The molecule has 0 saturated carbocycles. The number of amides is 1. The zero-order chi connectivity index (χ0) is 21.1. The Morgan fingerprint density at radius 3 is 2.57 bits per heavy atom. The van der Waals surface area contributed by atoms with Gasteiger partial charge in [-0.2, -0.15) is 4.98 Å². The van der Waals surface area contributed by atoms with Crippen LogP contribution in [0.1, 0.15) is 0 Å². The molecule has 1 aromatic heterocycles. The van der Waals surface area contributed by atoms with Crippen LogP contribution in [0.3, 0.4) is 0 Å². The van der Waals surface area contributed by atoms with Crippen LogP contribution in [0.4, 0.5) is 5.69 Å². The number of fused-ring (bicyclic) bond motifs is 1. The average molecular weight is 420 g/mol. The van der Waals surface area contributed by atoms with Crippen LogP contribution in [-0.4, -0.2) is 22.6 Å². The Morgan fingerprint density at radius 1 is 1.07 bits per heavy atom. The summed E-state index contributed by atoms with van der Waals surface area (Å²) in [4.78, 5) is 29.8. The number of nitrogens with zero attached hydrogens (tertiary/aromatic N) is 2. The van der Waals surface area contributed by atoms with Gasteiger partial charge in [0.15, 0.2) is 0 Å². The van der Waals surface area contributed by atoms with Gasteiger partial charge in [-0.25, -0.2) is 4.79 Å². The van der Waals surface area contributed by atoms with Gasteiger partial charge in [0.2, 0.25) is 5.91 Å². The van der Waals surface area contributed by atoms with Crippen LogP contribution in [-0.2, 0) is 11.3 Å². The number of halogens is 1. The number of hydrogen-bond acceptors (Lipinski definition) is 4. The van der Waals surface area contributed by atoms with Crippen molar-refractivity contribution in [2.75, 3.05) is 12.4 Å². The van der Waals surface area contributed by atoms with Crippen LogP contribution < -0.4 is 15.7 Å². The molecule has 7 heteroatoms. The van der Waals surface area contributed by atoms with E-state index in [0.29, 0.717) is 27.7 Å². The highest BCUT2D eigenvalue weighted by atomic mass is 35.5. The molecule has 0 aliphatic rings. The number of anilines is 1. The van der Waals surface area contributed by atoms with E-state index in [9.17, 15) is 9.59 Å². The van der Waals surface area contributed by atoms with E-state index >= 15 is 0 Å². The molecular weight excluding hydrogens is 402 g/mol. The Kier molecular flexibility index (Phi) is 5.50. The summed E-state index contributed by atoms with van der Waals surface area (Å²) >= 11 is 6.02. The lowest BCUT2D eigenvalue weighted by Crippen LogP contribution is -2.30. The van der Waals surface area contributed by atoms with Gasteiger partial charge in [0.1, 0.15) is 12.3 Å². The lowest BCUT2D eigenvalue weighted by atomic mass is 10.1. The third kappa shape index (κ3) is 3.90. The number of benzene rings is 3. The number of nitrogens with one attached hydrogen (secondary N) is 1. The van der Waals surface area contributed by atoms with Gasteiger partial charge >= 0.3 is 5.69 Å². The van der Waals surface area contributed by atoms with Crippen molar-refractivity contribution in [1.82, 2.24) is 9.55 Å². The van der Waals surface area contributed by atoms with Crippen LogP contribution in [0.15, 0.2) is 77.6 Å². The molecule has 0 aliphatic heterocycles. The number of methoxy groups -OCH3 is 1. The molecule has 0 fully saturated rings. The Hall–Kier alpha value is -3.64. The summed E-state index contributed by atoms with van der Waals surface area (Å²) in [5.41, 5.74) is 1.99. The number of ether oxygens (including phenoxy) is 1. The number of aromatic nitrogens is 2. The van der Waals surface area contributed by atoms with Crippen molar-refractivity contribution < 1.29 is 9.53 Å². The number of carbonyl (C=O) groups excluding carboxylic acids is 1. The van der Waals surface area contributed by atoms with Gasteiger partial charge in [0, 0.05) is 16.0 Å². The van der Waals surface area contributed by atoms with Gasteiger partial charge in [-0.15, -0.1) is 0 Å². The highest BCUT2D eigenvalue weighted by Crippen LogP contribution is 2.28. The van der Waals surface area contributed by atoms with Gasteiger partial charge in [-0.05, 0) is 24.3 Å². The first kappa shape index (κ1) is 19.7. The first-order chi connectivity index (χ1) is 14.6. The molecular formula is C23H18ClN3O3. The minimum absolute atomic E-state index is 0.197. The quantitative estimate of drug-likeness (QED) is 0.521. The Balaban J connectivity index is 1.72. The summed E-state index contributed by atoms with van der Waals surface area (Å²) in [7, 11) is 1.50. The fourth-order valence-corrected chi connectivity index (χ4v) is 3.48. The molecule has 0 saturated heterocycles. The van der Waals surface area contributed by atoms with Gasteiger partial charge in [0.25, 0.3) is 0 Å². The van der Waals surface area contributed by atoms with Gasteiger partial charge in [0.05, 0.1) is 24.0 Å². The van der Waals surface area contributed by atoms with Gasteiger partial charge in [-0.1, -0.05) is 60.1 Å². The maximum atomic E-state index is 12.8. The summed E-state index contributed by atoms with van der Waals surface area (Å²) < 4.78 is 6.61. The van der Waals surface area contributed by atoms with Crippen LogP contribution in [0.2, 0.25) is 5.02 Å². The second kappa shape index (κ2) is 8.39. The zero-order valence-electron chi connectivity index (χ0n) is 16.1. The number of hydrogen-bond donors (Lipinski definition) is 1. The maximum absolute atomic E-state index is 12.8. The van der Waals surface area contributed by atoms with Crippen LogP contribution in [0.25, 0.3) is 22.2 Å². The molecule has 1 N–H and O–H groups in total. The number of carbonyl (C=O) groups is 1. The van der Waals surface area contributed by atoms with Crippen molar-refractivity contribution in [1.29, 1.82) is 0 Å². The first-order valence-electron chi connectivity index (χ1n) is 9.25. The third-order valence-corrected chi connectivity index (χ3v) is 4.91. The zero-order valence-corrected chi connectivity index (χ0v) is 16.9. The summed E-state index contributed by atoms with van der Waals surface area (Å²) in [6, 6.07) is 21.8. The summed E-state index contributed by atoms with van der Waals surface area (Å²) in [5, 5.41) is 4.00. The van der Waals surface area contributed by atoms with E-state index in [-0.39, 0.29) is 6.54 Å². The van der Waals surface area contributed by atoms with Crippen LogP contribution >= 0.6 is 11.6 Å². The van der Waals surface area contributed by atoms with Crippen molar-refractivity contribution >= 4 is 34.1 Å². The summed E-state index contributed by atoms with van der Waals surface area (Å²) in [6.45, 7) is -0.197. The Bertz CT molecular complexity index is 1290. The SMILES string of the molecule is COc1ccc(Cl)cc1NC(=O)Cn1c(=O)nc(-c2ccccc2)c2ccccc21. The highest BCUT2D eigenvalue weighted by molar-refractivity contribution is 6.31. The number of para-hydroxylation sites is 1. The molecule has 0 bridgehead atoms. The largest absolute Gasteiger partial charge is 0.495 e. The molecule has 1 amide bonds. The molecule has 1 heterocycles. The van der Waals surface area contributed by atoms with E-state index in [1.165, 1.54) is 11.7 Å². The van der Waals surface area contributed by atoms with Crippen molar-refractivity contribution in [2.45, 2.75) is 6.54 Å². The monoisotopic (exact) mass is 419 g/mol. The molecule has 0 atom stereocenters. The smallest absolute Gasteiger partial charge is 0.349 e. The fourth-order valence-electron chi connectivity index (χ4n) is 3.31. The average Bonchev–Trinajstić information content (AvgIpc) is 2.76. The van der Waals surface area contributed by atoms with Crippen molar-refractivity contribution in [2.24, 2.45) is 0 Å². The topological polar surface area (TPSA) is 73.2 Å². The molecule has 0 radical (unpaired) electrons. The van der Waals surface area contributed by atoms with E-state index in [1.54, 1.807) is 24.3 Å². The summed E-state index contributed by atoms with van der Waals surface area (Å²) in [6.07, 6.45) is 0.